The van der Waals surface area contributed by atoms with Crippen molar-refractivity contribution in [1.29, 1.82) is 5.26 Å². The molecule has 0 atom stereocenters. The van der Waals surface area contributed by atoms with Crippen LogP contribution in [-0.2, 0) is 11.8 Å². The predicted molar refractivity (Wildman–Crippen MR) is 114 cm³/mol. The first-order valence-corrected chi connectivity index (χ1v) is 10.6. The normalized spacial score (nSPS) is 10.8. The number of hydrogen-bond acceptors (Lipinski definition) is 6. The molecule has 28 heavy (non-hydrogen) atoms. The summed E-state index contributed by atoms with van der Waals surface area (Å²) in [4.78, 5) is 31.5. The molecular formula is C20H20N4O2S2. The molecule has 144 valence electrons. The number of thiophene rings is 1. The van der Waals surface area contributed by atoms with Gasteiger partial charge < -0.3 is 4.90 Å². The second-order valence-corrected chi connectivity index (χ2v) is 8.34. The van der Waals surface area contributed by atoms with E-state index in [9.17, 15) is 9.59 Å². The highest BCUT2D eigenvalue weighted by atomic mass is 32.2. The zero-order valence-corrected chi connectivity index (χ0v) is 17.6. The van der Waals surface area contributed by atoms with Crippen LogP contribution in [0.1, 0.15) is 17.5 Å². The molecule has 0 N–H and O–H groups in total. The molecule has 0 saturated carbocycles. The maximum absolute atomic E-state index is 12.9. The lowest BCUT2D eigenvalue weighted by Gasteiger charge is -2.23. The van der Waals surface area contributed by atoms with Gasteiger partial charge in [-0.2, -0.15) is 5.26 Å². The number of rotatable bonds is 6. The molecule has 1 amide bonds. The summed E-state index contributed by atoms with van der Waals surface area (Å²) in [5.74, 6) is 0.0128. The number of nitrogens with zero attached hydrogens (tertiary/aromatic N) is 4. The van der Waals surface area contributed by atoms with Gasteiger partial charge >= 0.3 is 0 Å². The Morgan fingerprint density at radius 3 is 2.71 bits per heavy atom. The molecule has 0 spiro atoms. The van der Waals surface area contributed by atoms with E-state index in [4.69, 9.17) is 5.26 Å². The van der Waals surface area contributed by atoms with Gasteiger partial charge in [0.1, 0.15) is 4.70 Å². The van der Waals surface area contributed by atoms with Crippen LogP contribution < -0.4 is 10.5 Å². The fourth-order valence-electron chi connectivity index (χ4n) is 2.97. The lowest BCUT2D eigenvalue weighted by molar-refractivity contribution is -0.116. The molecule has 0 aliphatic carbocycles. The Morgan fingerprint density at radius 2 is 2.04 bits per heavy atom. The van der Waals surface area contributed by atoms with E-state index >= 15 is 0 Å². The molecule has 2 heterocycles. The zero-order valence-electron chi connectivity index (χ0n) is 15.9. The average molecular weight is 413 g/mol. The number of hydrogen-bond donors (Lipinski definition) is 0. The third kappa shape index (κ3) is 4.26. The van der Waals surface area contributed by atoms with Crippen LogP contribution in [0.5, 0.6) is 0 Å². The van der Waals surface area contributed by atoms with Crippen LogP contribution in [0.15, 0.2) is 39.6 Å². The summed E-state index contributed by atoms with van der Waals surface area (Å²) in [7, 11) is 1.67. The van der Waals surface area contributed by atoms with E-state index in [2.05, 4.69) is 11.1 Å². The molecular weight excluding hydrogens is 392 g/mol. The highest BCUT2D eigenvalue weighted by Gasteiger charge is 2.18. The second kappa shape index (κ2) is 8.59. The van der Waals surface area contributed by atoms with Crippen molar-refractivity contribution in [3.63, 3.8) is 0 Å². The van der Waals surface area contributed by atoms with E-state index in [0.717, 1.165) is 16.8 Å². The number of carbonyl (C=O) groups is 1. The average Bonchev–Trinajstić information content (AvgIpc) is 3.11. The Balaban J connectivity index is 1.83. The van der Waals surface area contributed by atoms with E-state index in [1.165, 1.54) is 27.7 Å². The summed E-state index contributed by atoms with van der Waals surface area (Å²) in [5, 5.41) is 11.3. The van der Waals surface area contributed by atoms with Gasteiger partial charge in [-0.05, 0) is 48.6 Å². The van der Waals surface area contributed by atoms with Gasteiger partial charge in [0, 0.05) is 19.3 Å². The number of amides is 1. The van der Waals surface area contributed by atoms with Gasteiger partial charge in [0.15, 0.2) is 5.16 Å². The Morgan fingerprint density at radius 1 is 1.32 bits per heavy atom. The van der Waals surface area contributed by atoms with Gasteiger partial charge in [-0.1, -0.05) is 17.8 Å². The number of fused-ring (bicyclic) bond motifs is 1. The molecule has 0 saturated heterocycles. The summed E-state index contributed by atoms with van der Waals surface area (Å²) in [5.41, 5.74) is 3.45. The summed E-state index contributed by atoms with van der Waals surface area (Å²) in [6.45, 7) is 4.29. The van der Waals surface area contributed by atoms with E-state index in [0.29, 0.717) is 21.9 Å². The monoisotopic (exact) mass is 412 g/mol. The van der Waals surface area contributed by atoms with Gasteiger partial charge in [-0.15, -0.1) is 11.3 Å². The molecule has 3 aromatic rings. The van der Waals surface area contributed by atoms with Gasteiger partial charge in [0.2, 0.25) is 5.91 Å². The van der Waals surface area contributed by atoms with Crippen molar-refractivity contribution in [2.24, 2.45) is 7.05 Å². The SMILES string of the molecule is Cc1cc(C)cc(N(CCC#N)C(=O)CSc2nc3ccsc3c(=O)n2C)c1. The number of aromatic nitrogens is 2. The molecule has 0 radical (unpaired) electrons. The van der Waals surface area contributed by atoms with Gasteiger partial charge in [-0.3, -0.25) is 14.2 Å². The van der Waals surface area contributed by atoms with E-state index in [1.54, 1.807) is 11.9 Å². The number of aryl methyl sites for hydroxylation is 2. The molecule has 0 fully saturated rings. The smallest absolute Gasteiger partial charge is 0.271 e. The van der Waals surface area contributed by atoms with Gasteiger partial charge in [-0.25, -0.2) is 4.98 Å². The van der Waals surface area contributed by atoms with Crippen LogP contribution in [0.4, 0.5) is 5.69 Å². The molecule has 0 bridgehead atoms. The Labute approximate surface area is 171 Å². The van der Waals surface area contributed by atoms with E-state index < -0.39 is 0 Å². The minimum absolute atomic E-state index is 0.106. The summed E-state index contributed by atoms with van der Waals surface area (Å²) >= 11 is 2.60. The molecule has 1 aromatic carbocycles. The number of anilines is 1. The maximum atomic E-state index is 12.9. The Bertz CT molecular complexity index is 1110. The molecule has 0 aliphatic rings. The first kappa shape index (κ1) is 20.1. The largest absolute Gasteiger partial charge is 0.311 e. The van der Waals surface area contributed by atoms with Crippen molar-refractivity contribution < 1.29 is 4.79 Å². The van der Waals surface area contributed by atoms with Crippen molar-refractivity contribution >= 4 is 44.9 Å². The van der Waals surface area contributed by atoms with Crippen LogP contribution in [0.3, 0.4) is 0 Å². The first-order valence-electron chi connectivity index (χ1n) is 8.73. The quantitative estimate of drug-likeness (QED) is 0.456. The van der Waals surface area contributed by atoms with Crippen molar-refractivity contribution in [2.75, 3.05) is 17.2 Å². The summed E-state index contributed by atoms with van der Waals surface area (Å²) in [6.07, 6.45) is 0.251. The number of nitriles is 1. The molecule has 2 aromatic heterocycles. The predicted octanol–water partition coefficient (Wildman–Crippen LogP) is 3.65. The topological polar surface area (TPSA) is 79.0 Å². The Hall–Kier alpha value is -2.63. The first-order chi connectivity index (χ1) is 13.4. The number of benzene rings is 1. The highest BCUT2D eigenvalue weighted by molar-refractivity contribution is 7.99. The molecule has 6 nitrogen and oxygen atoms in total. The fourth-order valence-corrected chi connectivity index (χ4v) is 4.62. The van der Waals surface area contributed by atoms with Gasteiger partial charge in [0.05, 0.1) is 23.8 Å². The molecule has 0 unspecified atom stereocenters. The summed E-state index contributed by atoms with van der Waals surface area (Å²) < 4.78 is 2.09. The van der Waals surface area contributed by atoms with Crippen LogP contribution in [0.25, 0.3) is 10.2 Å². The van der Waals surface area contributed by atoms with Crippen molar-refractivity contribution in [3.05, 3.63) is 51.1 Å². The summed E-state index contributed by atoms with van der Waals surface area (Å²) in [6, 6.07) is 9.84. The molecule has 3 rings (SSSR count). The third-order valence-electron chi connectivity index (χ3n) is 4.24. The third-order valence-corrected chi connectivity index (χ3v) is 6.14. The zero-order chi connectivity index (χ0) is 20.3. The van der Waals surface area contributed by atoms with Crippen molar-refractivity contribution in [1.82, 2.24) is 9.55 Å². The lowest BCUT2D eigenvalue weighted by Crippen LogP contribution is -2.33. The van der Waals surface area contributed by atoms with Gasteiger partial charge in [0.25, 0.3) is 5.56 Å². The van der Waals surface area contributed by atoms with Crippen LogP contribution in [0, 0.1) is 25.2 Å². The van der Waals surface area contributed by atoms with Crippen LogP contribution in [0.2, 0.25) is 0 Å². The maximum Gasteiger partial charge on any atom is 0.271 e. The van der Waals surface area contributed by atoms with Crippen LogP contribution >= 0.6 is 23.1 Å². The highest BCUT2D eigenvalue weighted by Crippen LogP contribution is 2.23. The fraction of sp³-hybridized carbons (Fsp3) is 0.300. The van der Waals surface area contributed by atoms with Crippen molar-refractivity contribution in [3.8, 4) is 6.07 Å². The minimum Gasteiger partial charge on any atom is -0.311 e. The van der Waals surface area contributed by atoms with E-state index in [1.807, 2.05) is 43.5 Å². The van der Waals surface area contributed by atoms with Crippen molar-refractivity contribution in [2.45, 2.75) is 25.4 Å². The standard InChI is InChI=1S/C20H20N4O2S2/c1-13-9-14(2)11-15(10-13)24(7-4-6-21)17(25)12-28-20-22-16-5-8-27-18(16)19(26)23(20)3/h5,8-11H,4,7,12H2,1-3H3. The molecule has 0 aliphatic heterocycles. The lowest BCUT2D eigenvalue weighted by atomic mass is 10.1. The number of carbonyl (C=O) groups excluding carboxylic acids is 1. The van der Waals surface area contributed by atoms with Crippen LogP contribution in [-0.4, -0.2) is 27.8 Å². The Kier molecular flexibility index (Phi) is 6.17. The second-order valence-electron chi connectivity index (χ2n) is 6.48. The van der Waals surface area contributed by atoms with E-state index in [-0.39, 0.29) is 23.6 Å². The molecule has 8 heteroatoms. The number of thioether (sulfide) groups is 1. The minimum atomic E-state index is -0.120.